The fraction of sp³-hybridized carbons (Fsp3) is 0.273. The Balaban J connectivity index is 2.47. The second kappa shape index (κ2) is 5.77. The van der Waals surface area contributed by atoms with Crippen LogP contribution >= 0.6 is 15.9 Å². The third-order valence-corrected chi connectivity index (χ3v) is 2.09. The highest BCUT2D eigenvalue weighted by atomic mass is 79.9. The number of alkyl halides is 2. The molecule has 0 aromatic heterocycles. The summed E-state index contributed by atoms with van der Waals surface area (Å²) in [5, 5.41) is 0. The van der Waals surface area contributed by atoms with Crippen LogP contribution in [0.15, 0.2) is 28.7 Å². The molecule has 0 unspecified atom stereocenters. The molecule has 0 N–H and O–H groups in total. The molecule has 3 heteroatoms. The molecule has 0 spiro atoms. The first-order valence-electron chi connectivity index (χ1n) is 4.21. The third-order valence-electron chi connectivity index (χ3n) is 1.56. The van der Waals surface area contributed by atoms with Crippen LogP contribution in [0.4, 0.5) is 8.78 Å². The van der Waals surface area contributed by atoms with E-state index in [0.717, 1.165) is 10.0 Å². The zero-order valence-corrected chi connectivity index (χ0v) is 9.02. The van der Waals surface area contributed by atoms with E-state index in [1.807, 2.05) is 24.3 Å². The van der Waals surface area contributed by atoms with Gasteiger partial charge in [0.2, 0.25) is 6.43 Å². The van der Waals surface area contributed by atoms with E-state index in [-0.39, 0.29) is 12.8 Å². The van der Waals surface area contributed by atoms with Crippen molar-refractivity contribution in [2.75, 3.05) is 0 Å². The SMILES string of the molecule is FC(F)CCC#Cc1ccc(Br)cc1. The highest BCUT2D eigenvalue weighted by Gasteiger charge is 1.98. The molecule has 14 heavy (non-hydrogen) atoms. The van der Waals surface area contributed by atoms with Crippen LogP contribution in [0.1, 0.15) is 18.4 Å². The maximum absolute atomic E-state index is 11.7. The summed E-state index contributed by atoms with van der Waals surface area (Å²) >= 11 is 3.30. The summed E-state index contributed by atoms with van der Waals surface area (Å²) in [6.07, 6.45) is -2.16. The van der Waals surface area contributed by atoms with Crippen LogP contribution in [0, 0.1) is 11.8 Å². The van der Waals surface area contributed by atoms with Crippen molar-refractivity contribution < 1.29 is 8.78 Å². The van der Waals surface area contributed by atoms with Crippen molar-refractivity contribution >= 4 is 15.9 Å². The predicted molar refractivity (Wildman–Crippen MR) is 56.3 cm³/mol. The smallest absolute Gasteiger partial charge is 0.211 e. The van der Waals surface area contributed by atoms with Crippen LogP contribution in [0.5, 0.6) is 0 Å². The summed E-state index contributed by atoms with van der Waals surface area (Å²) in [6.45, 7) is 0. The van der Waals surface area contributed by atoms with Gasteiger partial charge in [-0.1, -0.05) is 27.8 Å². The number of rotatable bonds is 2. The van der Waals surface area contributed by atoms with Gasteiger partial charge < -0.3 is 0 Å². The Labute approximate surface area is 90.5 Å². The van der Waals surface area contributed by atoms with Gasteiger partial charge in [0, 0.05) is 22.9 Å². The van der Waals surface area contributed by atoms with Gasteiger partial charge in [0.1, 0.15) is 0 Å². The van der Waals surface area contributed by atoms with Crippen molar-refractivity contribution in [3.8, 4) is 11.8 Å². The van der Waals surface area contributed by atoms with Crippen LogP contribution in [-0.4, -0.2) is 6.43 Å². The van der Waals surface area contributed by atoms with Gasteiger partial charge >= 0.3 is 0 Å². The molecule has 0 saturated carbocycles. The average Bonchev–Trinajstić information content (AvgIpc) is 2.15. The maximum Gasteiger partial charge on any atom is 0.239 e. The monoisotopic (exact) mass is 258 g/mol. The predicted octanol–water partition coefficient (Wildman–Crippen LogP) is 3.85. The van der Waals surface area contributed by atoms with Gasteiger partial charge in [-0.15, -0.1) is 0 Å². The van der Waals surface area contributed by atoms with E-state index in [9.17, 15) is 8.78 Å². The van der Waals surface area contributed by atoms with Crippen LogP contribution in [-0.2, 0) is 0 Å². The van der Waals surface area contributed by atoms with Crippen molar-refractivity contribution in [3.05, 3.63) is 34.3 Å². The van der Waals surface area contributed by atoms with Crippen LogP contribution in [0.3, 0.4) is 0 Å². The van der Waals surface area contributed by atoms with E-state index in [0.29, 0.717) is 0 Å². The molecule has 0 heterocycles. The van der Waals surface area contributed by atoms with Crippen LogP contribution in [0.2, 0.25) is 0 Å². The lowest BCUT2D eigenvalue weighted by Gasteiger charge is -1.91. The number of halogens is 3. The largest absolute Gasteiger partial charge is 0.239 e. The molecule has 0 nitrogen and oxygen atoms in total. The molecule has 0 bridgehead atoms. The van der Waals surface area contributed by atoms with Crippen LogP contribution in [0.25, 0.3) is 0 Å². The topological polar surface area (TPSA) is 0 Å². The molecule has 0 amide bonds. The highest BCUT2D eigenvalue weighted by molar-refractivity contribution is 9.10. The summed E-state index contributed by atoms with van der Waals surface area (Å²) in [4.78, 5) is 0. The zero-order valence-electron chi connectivity index (χ0n) is 7.43. The second-order valence-corrected chi connectivity index (χ2v) is 3.65. The Morgan fingerprint density at radius 2 is 1.86 bits per heavy atom. The molecule has 0 atom stereocenters. The van der Waals surface area contributed by atoms with Crippen molar-refractivity contribution in [2.45, 2.75) is 19.3 Å². The molecule has 0 fully saturated rings. The van der Waals surface area contributed by atoms with Crippen molar-refractivity contribution in [2.24, 2.45) is 0 Å². The maximum atomic E-state index is 11.7. The molecular formula is C11H9BrF2. The molecule has 0 aliphatic carbocycles. The average molecular weight is 259 g/mol. The van der Waals surface area contributed by atoms with Gasteiger partial charge in [0.15, 0.2) is 0 Å². The summed E-state index contributed by atoms with van der Waals surface area (Å²) in [5.74, 6) is 5.53. The second-order valence-electron chi connectivity index (χ2n) is 2.74. The minimum atomic E-state index is -2.26. The van der Waals surface area contributed by atoms with Crippen molar-refractivity contribution in [1.29, 1.82) is 0 Å². The Hall–Kier alpha value is -0.880. The van der Waals surface area contributed by atoms with E-state index in [2.05, 4.69) is 27.8 Å². The molecule has 1 rings (SSSR count). The fourth-order valence-corrected chi connectivity index (χ4v) is 1.14. The van der Waals surface area contributed by atoms with Gasteiger partial charge in [-0.25, -0.2) is 8.78 Å². The zero-order chi connectivity index (χ0) is 10.4. The first kappa shape index (κ1) is 11.2. The molecule has 0 aliphatic heterocycles. The molecule has 1 aromatic carbocycles. The minimum Gasteiger partial charge on any atom is -0.211 e. The van der Waals surface area contributed by atoms with E-state index >= 15 is 0 Å². The lowest BCUT2D eigenvalue weighted by molar-refractivity contribution is 0.139. The van der Waals surface area contributed by atoms with E-state index in [4.69, 9.17) is 0 Å². The van der Waals surface area contributed by atoms with Crippen molar-refractivity contribution in [1.82, 2.24) is 0 Å². The van der Waals surface area contributed by atoms with Gasteiger partial charge in [0.05, 0.1) is 0 Å². The number of hydrogen-bond acceptors (Lipinski definition) is 0. The first-order valence-corrected chi connectivity index (χ1v) is 5.00. The van der Waals surface area contributed by atoms with Crippen molar-refractivity contribution in [3.63, 3.8) is 0 Å². The quantitative estimate of drug-likeness (QED) is 0.708. The molecule has 1 aromatic rings. The lowest BCUT2D eigenvalue weighted by atomic mass is 10.2. The summed E-state index contributed by atoms with van der Waals surface area (Å²) in [5.41, 5.74) is 0.850. The normalized spacial score (nSPS) is 9.71. The van der Waals surface area contributed by atoms with Gasteiger partial charge in [-0.2, -0.15) is 0 Å². The Morgan fingerprint density at radius 3 is 2.43 bits per heavy atom. The van der Waals surface area contributed by atoms with Gasteiger partial charge in [-0.3, -0.25) is 0 Å². The van der Waals surface area contributed by atoms with E-state index < -0.39 is 6.43 Å². The molecular weight excluding hydrogens is 250 g/mol. The summed E-state index contributed by atoms with van der Waals surface area (Å²) < 4.78 is 24.5. The highest BCUT2D eigenvalue weighted by Crippen LogP contribution is 2.09. The minimum absolute atomic E-state index is 0.149. The van der Waals surface area contributed by atoms with Crippen LogP contribution < -0.4 is 0 Å². The number of benzene rings is 1. The lowest BCUT2D eigenvalue weighted by Crippen LogP contribution is -1.87. The standard InChI is InChI=1S/C11H9BrF2/c12-10-7-5-9(6-8-10)3-1-2-4-11(13)14/h5-8,11H,2,4H2. The molecule has 0 radical (unpaired) electrons. The Kier molecular flexibility index (Phi) is 4.61. The summed E-state index contributed by atoms with van der Waals surface area (Å²) in [7, 11) is 0. The molecule has 0 aliphatic rings. The Bertz CT molecular complexity index is 333. The molecule has 0 saturated heterocycles. The first-order chi connectivity index (χ1) is 6.68. The fourth-order valence-electron chi connectivity index (χ4n) is 0.879. The molecule has 74 valence electrons. The van der Waals surface area contributed by atoms with Gasteiger partial charge in [0.25, 0.3) is 0 Å². The van der Waals surface area contributed by atoms with E-state index in [1.165, 1.54) is 0 Å². The third kappa shape index (κ3) is 4.38. The van der Waals surface area contributed by atoms with E-state index in [1.54, 1.807) is 0 Å². The number of hydrogen-bond donors (Lipinski definition) is 0. The Morgan fingerprint density at radius 1 is 1.21 bits per heavy atom. The van der Waals surface area contributed by atoms with Gasteiger partial charge in [-0.05, 0) is 24.3 Å². The summed E-state index contributed by atoms with van der Waals surface area (Å²) in [6, 6.07) is 7.44.